The van der Waals surface area contributed by atoms with Gasteiger partial charge in [-0.2, -0.15) is 0 Å². The predicted octanol–water partition coefficient (Wildman–Crippen LogP) is 3.31. The Morgan fingerprint density at radius 3 is 2.78 bits per heavy atom. The summed E-state index contributed by atoms with van der Waals surface area (Å²) in [4.78, 5) is 0. The number of aliphatic hydroxyl groups is 1. The maximum atomic E-state index is 13.0. The van der Waals surface area contributed by atoms with Crippen LogP contribution in [-0.2, 0) is 11.2 Å². The molecule has 0 amide bonds. The van der Waals surface area contributed by atoms with E-state index < -0.39 is 6.10 Å². The first-order valence-electron chi connectivity index (χ1n) is 6.35. The Hall–Kier alpha value is -0.450. The lowest BCUT2D eigenvalue weighted by Gasteiger charge is -2.23. The Labute approximate surface area is 115 Å². The minimum absolute atomic E-state index is 0.0908. The van der Waals surface area contributed by atoms with Gasteiger partial charge in [-0.15, -0.1) is 0 Å². The van der Waals surface area contributed by atoms with Crippen LogP contribution in [0.1, 0.15) is 25.3 Å². The van der Waals surface area contributed by atoms with E-state index in [4.69, 9.17) is 4.74 Å². The van der Waals surface area contributed by atoms with Crippen molar-refractivity contribution < 1.29 is 14.2 Å². The molecule has 0 aliphatic heterocycles. The fourth-order valence-electron chi connectivity index (χ4n) is 2.21. The summed E-state index contributed by atoms with van der Waals surface area (Å²) in [6, 6.07) is 4.55. The number of aliphatic hydroxyl groups excluding tert-OH is 1. The Morgan fingerprint density at radius 1 is 1.50 bits per heavy atom. The fourth-order valence-corrected chi connectivity index (χ4v) is 2.72. The number of rotatable bonds is 6. The summed E-state index contributed by atoms with van der Waals surface area (Å²) in [5.74, 6) is 0.211. The summed E-state index contributed by atoms with van der Waals surface area (Å²) in [5.41, 5.74) is 0.911. The van der Waals surface area contributed by atoms with E-state index >= 15 is 0 Å². The second kappa shape index (κ2) is 6.13. The number of ether oxygens (including phenoxy) is 1. The third-order valence-corrected chi connectivity index (χ3v) is 4.01. The Balaban J connectivity index is 2.02. The van der Waals surface area contributed by atoms with Crippen LogP contribution in [0.4, 0.5) is 4.39 Å². The van der Waals surface area contributed by atoms with E-state index in [9.17, 15) is 9.50 Å². The maximum Gasteiger partial charge on any atom is 0.124 e. The number of hydrogen-bond acceptors (Lipinski definition) is 2. The first kappa shape index (κ1) is 14.0. The molecule has 2 atom stereocenters. The van der Waals surface area contributed by atoms with Crippen molar-refractivity contribution in [1.82, 2.24) is 0 Å². The van der Waals surface area contributed by atoms with Crippen molar-refractivity contribution in [3.8, 4) is 0 Å². The van der Waals surface area contributed by atoms with Gasteiger partial charge in [0.1, 0.15) is 5.82 Å². The molecule has 1 aliphatic carbocycles. The lowest BCUT2D eigenvalue weighted by Crippen LogP contribution is -2.33. The van der Waals surface area contributed by atoms with Crippen LogP contribution in [0, 0.1) is 11.7 Å². The molecule has 2 unspecified atom stereocenters. The van der Waals surface area contributed by atoms with Crippen molar-refractivity contribution in [3.63, 3.8) is 0 Å². The molecular weight excluding hydrogens is 299 g/mol. The minimum Gasteiger partial charge on any atom is -0.390 e. The molecule has 1 saturated carbocycles. The van der Waals surface area contributed by atoms with Crippen molar-refractivity contribution in [1.29, 1.82) is 0 Å². The van der Waals surface area contributed by atoms with Gasteiger partial charge < -0.3 is 9.84 Å². The number of hydrogen-bond donors (Lipinski definition) is 1. The van der Waals surface area contributed by atoms with E-state index in [0.717, 1.165) is 18.4 Å². The molecule has 1 aliphatic rings. The first-order valence-corrected chi connectivity index (χ1v) is 7.14. The van der Waals surface area contributed by atoms with Gasteiger partial charge in [0.05, 0.1) is 12.2 Å². The van der Waals surface area contributed by atoms with E-state index in [1.165, 1.54) is 12.1 Å². The highest BCUT2D eigenvalue weighted by atomic mass is 79.9. The second-order valence-corrected chi connectivity index (χ2v) is 5.62. The van der Waals surface area contributed by atoms with E-state index in [1.807, 2.05) is 6.92 Å². The van der Waals surface area contributed by atoms with Crippen molar-refractivity contribution in [2.45, 2.75) is 38.4 Å². The standard InChI is InChI=1S/C14H18BrFO2/c1-2-18-14(9-3-4-9)13(17)7-10-5-6-11(16)8-12(10)15/h5-6,8-9,13-14,17H,2-4,7H2,1H3. The molecule has 0 saturated heterocycles. The molecule has 2 nitrogen and oxygen atoms in total. The molecule has 0 bridgehead atoms. The second-order valence-electron chi connectivity index (χ2n) is 4.76. The van der Waals surface area contributed by atoms with Gasteiger partial charge in [-0.3, -0.25) is 0 Å². The summed E-state index contributed by atoms with van der Waals surface area (Å²) < 4.78 is 19.3. The third-order valence-electron chi connectivity index (χ3n) is 3.27. The Kier molecular flexibility index (Phi) is 4.76. The van der Waals surface area contributed by atoms with Crippen LogP contribution in [0.2, 0.25) is 0 Å². The molecule has 18 heavy (non-hydrogen) atoms. The molecular formula is C14H18BrFO2. The zero-order valence-electron chi connectivity index (χ0n) is 10.4. The van der Waals surface area contributed by atoms with Crippen molar-refractivity contribution >= 4 is 15.9 Å². The molecule has 4 heteroatoms. The van der Waals surface area contributed by atoms with Crippen LogP contribution in [0.3, 0.4) is 0 Å². The summed E-state index contributed by atoms with van der Waals surface area (Å²) in [6.07, 6.45) is 2.13. The fraction of sp³-hybridized carbons (Fsp3) is 0.571. The van der Waals surface area contributed by atoms with Gasteiger partial charge in [0.25, 0.3) is 0 Å². The van der Waals surface area contributed by atoms with Gasteiger partial charge in [0, 0.05) is 17.5 Å². The normalized spacial score (nSPS) is 18.7. The average Bonchev–Trinajstić information content (AvgIpc) is 3.13. The molecule has 1 N–H and O–H groups in total. The molecule has 0 radical (unpaired) electrons. The van der Waals surface area contributed by atoms with Crippen LogP contribution in [-0.4, -0.2) is 23.9 Å². The van der Waals surface area contributed by atoms with Gasteiger partial charge in [-0.1, -0.05) is 22.0 Å². The number of halogens is 2. The Bertz CT molecular complexity index is 407. The van der Waals surface area contributed by atoms with Gasteiger partial charge in [-0.25, -0.2) is 4.39 Å². The van der Waals surface area contributed by atoms with Crippen LogP contribution < -0.4 is 0 Å². The van der Waals surface area contributed by atoms with E-state index in [-0.39, 0.29) is 11.9 Å². The van der Waals surface area contributed by atoms with Crippen LogP contribution in [0.25, 0.3) is 0 Å². The summed E-state index contributed by atoms with van der Waals surface area (Å²) in [7, 11) is 0. The van der Waals surface area contributed by atoms with Crippen molar-refractivity contribution in [2.75, 3.05) is 6.61 Å². The lowest BCUT2D eigenvalue weighted by atomic mass is 10.0. The third kappa shape index (κ3) is 3.53. The van der Waals surface area contributed by atoms with Crippen molar-refractivity contribution in [3.05, 3.63) is 34.1 Å². The molecule has 0 heterocycles. The van der Waals surface area contributed by atoms with Gasteiger partial charge in [-0.05, 0) is 43.4 Å². The zero-order valence-corrected chi connectivity index (χ0v) is 12.0. The maximum absolute atomic E-state index is 13.0. The monoisotopic (exact) mass is 316 g/mol. The van der Waals surface area contributed by atoms with E-state index in [1.54, 1.807) is 6.07 Å². The highest BCUT2D eigenvalue weighted by Crippen LogP contribution is 2.36. The smallest absolute Gasteiger partial charge is 0.124 e. The van der Waals surface area contributed by atoms with Gasteiger partial charge in [0.15, 0.2) is 0 Å². The predicted molar refractivity (Wildman–Crippen MR) is 71.9 cm³/mol. The van der Waals surface area contributed by atoms with Crippen molar-refractivity contribution in [2.24, 2.45) is 5.92 Å². The number of benzene rings is 1. The van der Waals surface area contributed by atoms with Gasteiger partial charge >= 0.3 is 0 Å². The minimum atomic E-state index is -0.529. The molecule has 0 spiro atoms. The highest BCUT2D eigenvalue weighted by Gasteiger charge is 2.36. The van der Waals surface area contributed by atoms with Crippen LogP contribution in [0.5, 0.6) is 0 Å². The average molecular weight is 317 g/mol. The van der Waals surface area contributed by atoms with Crippen LogP contribution >= 0.6 is 15.9 Å². The molecule has 2 rings (SSSR count). The Morgan fingerprint density at radius 2 is 2.22 bits per heavy atom. The van der Waals surface area contributed by atoms with E-state index in [0.29, 0.717) is 23.4 Å². The zero-order chi connectivity index (χ0) is 13.1. The van der Waals surface area contributed by atoms with Gasteiger partial charge in [0.2, 0.25) is 0 Å². The largest absolute Gasteiger partial charge is 0.390 e. The SMILES string of the molecule is CCOC(C(O)Cc1ccc(F)cc1Br)C1CC1. The van der Waals surface area contributed by atoms with Crippen LogP contribution in [0.15, 0.2) is 22.7 Å². The molecule has 1 aromatic carbocycles. The molecule has 0 aromatic heterocycles. The summed E-state index contributed by atoms with van der Waals surface area (Å²) in [6.45, 7) is 2.55. The summed E-state index contributed by atoms with van der Waals surface area (Å²) >= 11 is 3.32. The summed E-state index contributed by atoms with van der Waals surface area (Å²) in [5, 5.41) is 10.3. The molecule has 1 fully saturated rings. The van der Waals surface area contributed by atoms with E-state index in [2.05, 4.69) is 15.9 Å². The lowest BCUT2D eigenvalue weighted by molar-refractivity contribution is -0.0440. The first-order chi connectivity index (χ1) is 8.61. The molecule has 1 aromatic rings. The quantitative estimate of drug-likeness (QED) is 0.872. The highest BCUT2D eigenvalue weighted by molar-refractivity contribution is 9.10. The molecule has 100 valence electrons. The topological polar surface area (TPSA) is 29.5 Å².